The Morgan fingerprint density at radius 1 is 1.50 bits per heavy atom. The molecular weight excluding hydrogens is 302 g/mol. The van der Waals surface area contributed by atoms with E-state index in [1.54, 1.807) is 19.1 Å². The third kappa shape index (κ3) is 2.97. The van der Waals surface area contributed by atoms with Crippen molar-refractivity contribution in [2.45, 2.75) is 30.7 Å². The molecule has 7 heteroatoms. The smallest absolute Gasteiger partial charge is 0.324 e. The molecule has 1 heterocycles. The van der Waals surface area contributed by atoms with Crippen LogP contribution in [0.15, 0.2) is 29.2 Å². The van der Waals surface area contributed by atoms with Gasteiger partial charge in [-0.3, -0.25) is 4.79 Å². The number of nitrogens with zero attached hydrogens (tertiary/aromatic N) is 1. The average Bonchev–Trinajstić information content (AvgIpc) is 2.89. The predicted octanol–water partition coefficient (Wildman–Crippen LogP) is 2.06. The highest BCUT2D eigenvalue weighted by molar-refractivity contribution is 7.89. The molecule has 1 fully saturated rings. The summed E-state index contributed by atoms with van der Waals surface area (Å²) >= 11 is 5.83. The van der Waals surface area contributed by atoms with Crippen molar-refractivity contribution in [1.82, 2.24) is 4.31 Å². The summed E-state index contributed by atoms with van der Waals surface area (Å²) in [5.74, 6) is -0.490. The SMILES string of the molecule is CCOC(=O)C1CCCN1S(=O)(=O)c1cccc(Cl)c1. The van der Waals surface area contributed by atoms with Gasteiger partial charge in [0.15, 0.2) is 0 Å². The Kier molecular flexibility index (Phi) is 4.67. The van der Waals surface area contributed by atoms with E-state index in [9.17, 15) is 13.2 Å². The van der Waals surface area contributed by atoms with Gasteiger partial charge in [-0.15, -0.1) is 0 Å². The van der Waals surface area contributed by atoms with Crippen LogP contribution < -0.4 is 0 Å². The largest absolute Gasteiger partial charge is 0.465 e. The number of sulfonamides is 1. The van der Waals surface area contributed by atoms with E-state index >= 15 is 0 Å². The lowest BCUT2D eigenvalue weighted by Gasteiger charge is -2.22. The number of hydrogen-bond donors (Lipinski definition) is 0. The third-order valence-corrected chi connectivity index (χ3v) is 5.30. The summed E-state index contributed by atoms with van der Waals surface area (Å²) in [5, 5.41) is 0.345. The van der Waals surface area contributed by atoms with Gasteiger partial charge in [0.1, 0.15) is 6.04 Å². The Hall–Kier alpha value is -1.11. The number of carbonyl (C=O) groups excluding carboxylic acids is 1. The number of rotatable bonds is 4. The minimum atomic E-state index is -3.73. The molecule has 20 heavy (non-hydrogen) atoms. The zero-order valence-corrected chi connectivity index (χ0v) is 12.7. The van der Waals surface area contributed by atoms with Crippen LogP contribution in [0.3, 0.4) is 0 Å². The molecule has 1 aromatic carbocycles. The third-order valence-electron chi connectivity index (χ3n) is 3.17. The number of carbonyl (C=O) groups is 1. The lowest BCUT2D eigenvalue weighted by atomic mass is 10.2. The molecule has 0 aliphatic carbocycles. The molecule has 0 saturated carbocycles. The van der Waals surface area contributed by atoms with Crippen LogP contribution in [-0.4, -0.2) is 37.9 Å². The van der Waals surface area contributed by atoms with Gasteiger partial charge in [-0.1, -0.05) is 17.7 Å². The summed E-state index contributed by atoms with van der Waals surface area (Å²) in [4.78, 5) is 11.9. The van der Waals surface area contributed by atoms with Crippen molar-refractivity contribution < 1.29 is 17.9 Å². The van der Waals surface area contributed by atoms with Gasteiger partial charge in [-0.2, -0.15) is 4.31 Å². The highest BCUT2D eigenvalue weighted by Crippen LogP contribution is 2.27. The molecule has 0 N–H and O–H groups in total. The molecule has 0 radical (unpaired) electrons. The van der Waals surface area contributed by atoms with Gasteiger partial charge in [-0.25, -0.2) is 8.42 Å². The maximum Gasteiger partial charge on any atom is 0.324 e. The van der Waals surface area contributed by atoms with Crippen LogP contribution in [0.1, 0.15) is 19.8 Å². The van der Waals surface area contributed by atoms with E-state index in [-0.39, 0.29) is 11.5 Å². The van der Waals surface area contributed by atoms with Crippen LogP contribution in [0.2, 0.25) is 5.02 Å². The molecule has 0 spiro atoms. The summed E-state index contributed by atoms with van der Waals surface area (Å²) < 4.78 is 31.3. The van der Waals surface area contributed by atoms with Gasteiger partial charge < -0.3 is 4.74 Å². The molecule has 5 nitrogen and oxygen atoms in total. The lowest BCUT2D eigenvalue weighted by molar-refractivity contribution is -0.146. The number of benzene rings is 1. The summed E-state index contributed by atoms with van der Waals surface area (Å²) in [6.07, 6.45) is 1.13. The monoisotopic (exact) mass is 317 g/mol. The van der Waals surface area contributed by atoms with E-state index in [4.69, 9.17) is 16.3 Å². The Labute approximate surface area is 123 Å². The van der Waals surface area contributed by atoms with Crippen LogP contribution in [-0.2, 0) is 19.6 Å². The first kappa shape index (κ1) is 15.3. The van der Waals surface area contributed by atoms with E-state index in [0.29, 0.717) is 24.4 Å². The fourth-order valence-corrected chi connectivity index (χ4v) is 4.21. The van der Waals surface area contributed by atoms with Gasteiger partial charge in [0.05, 0.1) is 11.5 Å². The van der Waals surface area contributed by atoms with Gasteiger partial charge in [0, 0.05) is 11.6 Å². The fraction of sp³-hybridized carbons (Fsp3) is 0.462. The van der Waals surface area contributed by atoms with Crippen molar-refractivity contribution in [3.63, 3.8) is 0 Å². The highest BCUT2D eigenvalue weighted by Gasteiger charge is 2.40. The molecule has 0 aromatic heterocycles. The number of halogens is 1. The van der Waals surface area contributed by atoms with Gasteiger partial charge in [0.25, 0.3) is 0 Å². The summed E-state index contributed by atoms with van der Waals surface area (Å²) in [7, 11) is -3.73. The Balaban J connectivity index is 2.31. The average molecular weight is 318 g/mol. The number of esters is 1. The Bertz CT molecular complexity index is 602. The molecule has 1 aliphatic rings. The van der Waals surface area contributed by atoms with Crippen LogP contribution in [0.25, 0.3) is 0 Å². The molecule has 1 aromatic rings. The number of hydrogen-bond acceptors (Lipinski definition) is 4. The quantitative estimate of drug-likeness (QED) is 0.797. The molecule has 110 valence electrons. The van der Waals surface area contributed by atoms with Gasteiger partial charge in [-0.05, 0) is 38.0 Å². The minimum Gasteiger partial charge on any atom is -0.465 e. The van der Waals surface area contributed by atoms with Crippen molar-refractivity contribution >= 4 is 27.6 Å². The van der Waals surface area contributed by atoms with Crippen molar-refractivity contribution in [3.05, 3.63) is 29.3 Å². The van der Waals surface area contributed by atoms with E-state index in [0.717, 1.165) is 0 Å². The Morgan fingerprint density at radius 3 is 2.90 bits per heavy atom. The van der Waals surface area contributed by atoms with E-state index in [1.807, 2.05) is 0 Å². The normalized spacial score (nSPS) is 20.0. The molecule has 0 bridgehead atoms. The van der Waals surface area contributed by atoms with Crippen molar-refractivity contribution in [2.75, 3.05) is 13.2 Å². The lowest BCUT2D eigenvalue weighted by Crippen LogP contribution is -2.41. The van der Waals surface area contributed by atoms with Crippen LogP contribution >= 0.6 is 11.6 Å². The fourth-order valence-electron chi connectivity index (χ4n) is 2.26. The summed E-state index contributed by atoms with van der Waals surface area (Å²) in [5.41, 5.74) is 0. The first-order chi connectivity index (χ1) is 9.46. The topological polar surface area (TPSA) is 63.7 Å². The molecule has 1 atom stereocenters. The minimum absolute atomic E-state index is 0.0983. The highest BCUT2D eigenvalue weighted by atomic mass is 35.5. The first-order valence-corrected chi connectivity index (χ1v) is 8.22. The zero-order chi connectivity index (χ0) is 14.8. The maximum absolute atomic E-state index is 12.6. The molecule has 1 saturated heterocycles. The maximum atomic E-state index is 12.6. The molecule has 0 amide bonds. The van der Waals surface area contributed by atoms with Crippen molar-refractivity contribution in [1.29, 1.82) is 0 Å². The molecule has 2 rings (SSSR count). The van der Waals surface area contributed by atoms with Crippen molar-refractivity contribution in [3.8, 4) is 0 Å². The van der Waals surface area contributed by atoms with Gasteiger partial charge >= 0.3 is 5.97 Å². The summed E-state index contributed by atoms with van der Waals surface area (Å²) in [6, 6.07) is 5.30. The standard InChI is InChI=1S/C13H16ClNO4S/c1-2-19-13(16)12-7-4-8-15(12)20(17,18)11-6-3-5-10(14)9-11/h3,5-6,9,12H,2,4,7-8H2,1H3. The van der Waals surface area contributed by atoms with E-state index in [1.165, 1.54) is 16.4 Å². The second-order valence-electron chi connectivity index (χ2n) is 4.48. The van der Waals surface area contributed by atoms with E-state index < -0.39 is 22.0 Å². The second-order valence-corrected chi connectivity index (χ2v) is 6.81. The number of ether oxygens (including phenoxy) is 1. The van der Waals surface area contributed by atoms with Crippen molar-refractivity contribution in [2.24, 2.45) is 0 Å². The molecular formula is C13H16ClNO4S. The van der Waals surface area contributed by atoms with E-state index in [2.05, 4.69) is 0 Å². The van der Waals surface area contributed by atoms with Crippen LogP contribution in [0, 0.1) is 0 Å². The zero-order valence-electron chi connectivity index (χ0n) is 11.1. The summed E-state index contributed by atoms with van der Waals surface area (Å²) in [6.45, 7) is 2.25. The predicted molar refractivity (Wildman–Crippen MR) is 75.0 cm³/mol. The Morgan fingerprint density at radius 2 is 2.25 bits per heavy atom. The second kappa shape index (κ2) is 6.11. The first-order valence-electron chi connectivity index (χ1n) is 6.41. The van der Waals surface area contributed by atoms with Crippen LogP contribution in [0.5, 0.6) is 0 Å². The van der Waals surface area contributed by atoms with Crippen LogP contribution in [0.4, 0.5) is 0 Å². The molecule has 1 aliphatic heterocycles. The molecule has 1 unspecified atom stereocenters. The van der Waals surface area contributed by atoms with Gasteiger partial charge in [0.2, 0.25) is 10.0 Å².